The molecular formula is C16H30N2O. The molecule has 0 saturated carbocycles. The highest BCUT2D eigenvalue weighted by Gasteiger charge is 2.23. The van der Waals surface area contributed by atoms with E-state index in [0.717, 1.165) is 25.8 Å². The lowest BCUT2D eigenvalue weighted by Gasteiger charge is -2.25. The van der Waals surface area contributed by atoms with Crippen molar-refractivity contribution >= 4 is 6.21 Å². The molecule has 0 aliphatic carbocycles. The number of hydrogen-bond acceptors (Lipinski definition) is 3. The maximum Gasteiger partial charge on any atom is 0.106 e. The highest BCUT2D eigenvalue weighted by atomic mass is 16.3. The standard InChI is InChI=1S/C16H30N2O/c1-3-4-5-6-7-8-9-10-11-12-16-17-13-14-18(16)15(2)19/h8-9,13,15-16,19H,3-7,10-12,14H2,1-2H3/b9-8+. The van der Waals surface area contributed by atoms with E-state index >= 15 is 0 Å². The first-order chi connectivity index (χ1) is 9.25. The highest BCUT2D eigenvalue weighted by molar-refractivity contribution is 5.62. The first-order valence-corrected chi connectivity index (χ1v) is 7.86. The summed E-state index contributed by atoms with van der Waals surface area (Å²) in [5, 5.41) is 9.60. The molecule has 1 aliphatic heterocycles. The summed E-state index contributed by atoms with van der Waals surface area (Å²) in [4.78, 5) is 6.46. The predicted molar refractivity (Wildman–Crippen MR) is 82.4 cm³/mol. The fourth-order valence-corrected chi connectivity index (χ4v) is 2.46. The van der Waals surface area contributed by atoms with Crippen LogP contribution in [0.2, 0.25) is 0 Å². The number of aliphatic hydroxyl groups is 1. The van der Waals surface area contributed by atoms with E-state index in [2.05, 4.69) is 24.1 Å². The number of rotatable bonds is 10. The third-order valence-corrected chi connectivity index (χ3v) is 3.66. The second-order valence-electron chi connectivity index (χ2n) is 5.39. The lowest BCUT2D eigenvalue weighted by Crippen LogP contribution is -2.37. The van der Waals surface area contributed by atoms with Crippen LogP contribution in [0.15, 0.2) is 17.1 Å². The lowest BCUT2D eigenvalue weighted by atomic mass is 10.1. The molecule has 0 spiro atoms. The molecule has 2 unspecified atom stereocenters. The van der Waals surface area contributed by atoms with Gasteiger partial charge in [-0.1, -0.05) is 38.3 Å². The van der Waals surface area contributed by atoms with Crippen molar-refractivity contribution in [2.75, 3.05) is 6.54 Å². The molecule has 2 atom stereocenters. The van der Waals surface area contributed by atoms with Crippen LogP contribution in [0.1, 0.15) is 65.2 Å². The van der Waals surface area contributed by atoms with E-state index in [0.29, 0.717) is 0 Å². The molecule has 0 fully saturated rings. The molecule has 0 radical (unpaired) electrons. The molecule has 0 aromatic heterocycles. The lowest BCUT2D eigenvalue weighted by molar-refractivity contribution is 0.00732. The van der Waals surface area contributed by atoms with Gasteiger partial charge in [-0.15, -0.1) is 0 Å². The Morgan fingerprint density at radius 3 is 2.68 bits per heavy atom. The molecule has 0 aromatic rings. The first kappa shape index (κ1) is 16.4. The molecule has 0 amide bonds. The third-order valence-electron chi connectivity index (χ3n) is 3.66. The molecular weight excluding hydrogens is 236 g/mol. The zero-order chi connectivity index (χ0) is 13.9. The Morgan fingerprint density at radius 2 is 2.00 bits per heavy atom. The van der Waals surface area contributed by atoms with Crippen LogP contribution in [0.3, 0.4) is 0 Å². The summed E-state index contributed by atoms with van der Waals surface area (Å²) in [5.74, 6) is 0. The van der Waals surface area contributed by atoms with Crippen LogP contribution in [-0.2, 0) is 0 Å². The molecule has 0 bridgehead atoms. The molecule has 1 rings (SSSR count). The summed E-state index contributed by atoms with van der Waals surface area (Å²) < 4.78 is 0. The van der Waals surface area contributed by atoms with Crippen LogP contribution in [0, 0.1) is 0 Å². The number of nitrogens with zero attached hydrogens (tertiary/aromatic N) is 2. The second-order valence-corrected chi connectivity index (χ2v) is 5.39. The summed E-state index contributed by atoms with van der Waals surface area (Å²) in [7, 11) is 0. The Balaban J connectivity index is 2.01. The molecule has 110 valence electrons. The van der Waals surface area contributed by atoms with Crippen molar-refractivity contribution in [3.8, 4) is 0 Å². The largest absolute Gasteiger partial charge is 0.379 e. The van der Waals surface area contributed by atoms with Crippen LogP contribution >= 0.6 is 0 Å². The summed E-state index contributed by atoms with van der Waals surface area (Å²) in [5.41, 5.74) is 0. The zero-order valence-corrected chi connectivity index (χ0v) is 12.6. The fraction of sp³-hybridized carbons (Fsp3) is 0.812. The van der Waals surface area contributed by atoms with E-state index in [1.54, 1.807) is 0 Å². The molecule has 0 saturated heterocycles. The van der Waals surface area contributed by atoms with E-state index < -0.39 is 0 Å². The first-order valence-electron chi connectivity index (χ1n) is 7.86. The number of hydrogen-bond donors (Lipinski definition) is 1. The molecule has 3 nitrogen and oxygen atoms in total. The Bertz CT molecular complexity index is 274. The average molecular weight is 266 g/mol. The van der Waals surface area contributed by atoms with Crippen molar-refractivity contribution < 1.29 is 5.11 Å². The van der Waals surface area contributed by atoms with E-state index in [4.69, 9.17) is 0 Å². The van der Waals surface area contributed by atoms with Gasteiger partial charge in [0.1, 0.15) is 12.4 Å². The summed E-state index contributed by atoms with van der Waals surface area (Å²) in [6.07, 6.45) is 16.3. The van der Waals surface area contributed by atoms with Gasteiger partial charge < -0.3 is 5.11 Å². The maximum absolute atomic E-state index is 9.60. The van der Waals surface area contributed by atoms with Crippen LogP contribution in [0.4, 0.5) is 0 Å². The van der Waals surface area contributed by atoms with E-state index in [-0.39, 0.29) is 12.4 Å². The Hall–Kier alpha value is -0.670. The molecule has 0 aromatic carbocycles. The number of unbranched alkanes of at least 4 members (excludes halogenated alkanes) is 5. The van der Waals surface area contributed by atoms with E-state index in [1.807, 2.05) is 18.0 Å². The Morgan fingerprint density at radius 1 is 1.26 bits per heavy atom. The van der Waals surface area contributed by atoms with E-state index in [9.17, 15) is 5.11 Å². The van der Waals surface area contributed by atoms with Gasteiger partial charge in [-0.3, -0.25) is 9.89 Å². The Labute approximate surface area is 118 Å². The monoisotopic (exact) mass is 266 g/mol. The molecule has 19 heavy (non-hydrogen) atoms. The van der Waals surface area contributed by atoms with Crippen molar-refractivity contribution in [1.82, 2.24) is 4.90 Å². The molecule has 1 aliphatic rings. The van der Waals surface area contributed by atoms with Crippen LogP contribution in [0.5, 0.6) is 0 Å². The number of aliphatic imine (C=N–C) groups is 1. The van der Waals surface area contributed by atoms with Crippen LogP contribution < -0.4 is 0 Å². The minimum Gasteiger partial charge on any atom is -0.379 e. The van der Waals surface area contributed by atoms with Gasteiger partial charge in [-0.2, -0.15) is 0 Å². The molecule has 1 heterocycles. The number of aliphatic hydroxyl groups excluding tert-OH is 1. The Kier molecular flexibility index (Phi) is 8.76. The van der Waals surface area contributed by atoms with E-state index in [1.165, 1.54) is 32.1 Å². The van der Waals surface area contributed by atoms with Gasteiger partial charge in [0.25, 0.3) is 0 Å². The van der Waals surface area contributed by atoms with Crippen molar-refractivity contribution in [1.29, 1.82) is 0 Å². The van der Waals surface area contributed by atoms with Crippen molar-refractivity contribution in [2.45, 2.75) is 77.6 Å². The highest BCUT2D eigenvalue weighted by Crippen LogP contribution is 2.16. The van der Waals surface area contributed by atoms with Gasteiger partial charge >= 0.3 is 0 Å². The zero-order valence-electron chi connectivity index (χ0n) is 12.6. The quantitative estimate of drug-likeness (QED) is 0.483. The second kappa shape index (κ2) is 10.2. The van der Waals surface area contributed by atoms with Gasteiger partial charge in [-0.25, -0.2) is 0 Å². The maximum atomic E-state index is 9.60. The topological polar surface area (TPSA) is 35.8 Å². The third kappa shape index (κ3) is 6.88. The van der Waals surface area contributed by atoms with Gasteiger partial charge in [0.05, 0.1) is 0 Å². The van der Waals surface area contributed by atoms with Gasteiger partial charge in [0.2, 0.25) is 0 Å². The van der Waals surface area contributed by atoms with Crippen molar-refractivity contribution in [3.63, 3.8) is 0 Å². The fourth-order valence-electron chi connectivity index (χ4n) is 2.46. The van der Waals surface area contributed by atoms with Gasteiger partial charge in [0, 0.05) is 12.8 Å². The van der Waals surface area contributed by atoms with Crippen molar-refractivity contribution in [3.05, 3.63) is 12.2 Å². The summed E-state index contributed by atoms with van der Waals surface area (Å²) in [6.45, 7) is 4.85. The van der Waals surface area contributed by atoms with Gasteiger partial charge in [0.15, 0.2) is 0 Å². The normalized spacial score (nSPS) is 21.5. The summed E-state index contributed by atoms with van der Waals surface area (Å²) in [6, 6.07) is 0. The molecule has 1 N–H and O–H groups in total. The predicted octanol–water partition coefficient (Wildman–Crippen LogP) is 3.73. The minimum absolute atomic E-state index is 0.193. The van der Waals surface area contributed by atoms with Crippen LogP contribution in [-0.4, -0.2) is 35.2 Å². The number of allylic oxidation sites excluding steroid dienone is 2. The smallest absolute Gasteiger partial charge is 0.106 e. The average Bonchev–Trinajstić information content (AvgIpc) is 2.85. The SMILES string of the molecule is CCCCCC/C=C/CCCC1N=CCN1C(C)O. The molecule has 3 heteroatoms. The van der Waals surface area contributed by atoms with Crippen LogP contribution in [0.25, 0.3) is 0 Å². The summed E-state index contributed by atoms with van der Waals surface area (Å²) >= 11 is 0. The van der Waals surface area contributed by atoms with Gasteiger partial charge in [-0.05, 0) is 39.0 Å². The minimum atomic E-state index is -0.387. The van der Waals surface area contributed by atoms with Crippen molar-refractivity contribution in [2.24, 2.45) is 4.99 Å².